The van der Waals surface area contributed by atoms with Crippen LogP contribution in [0.5, 0.6) is 0 Å². The number of carbonyl (C=O) groups is 2. The van der Waals surface area contributed by atoms with Crippen molar-refractivity contribution in [3.63, 3.8) is 0 Å². The first kappa shape index (κ1) is 22.2. The van der Waals surface area contributed by atoms with Crippen molar-refractivity contribution in [3.8, 4) is 6.07 Å². The van der Waals surface area contributed by atoms with E-state index in [1.54, 1.807) is 6.08 Å². The molecule has 5 nitrogen and oxygen atoms in total. The van der Waals surface area contributed by atoms with Gasteiger partial charge < -0.3 is 10.6 Å². The van der Waals surface area contributed by atoms with Crippen LogP contribution in [0.15, 0.2) is 53.0 Å². The summed E-state index contributed by atoms with van der Waals surface area (Å²) >= 11 is 3.47. The summed E-state index contributed by atoms with van der Waals surface area (Å²) in [5.41, 5.74) is 5.56. The highest BCUT2D eigenvalue weighted by molar-refractivity contribution is 9.10. The molecule has 164 valence electrons. The fourth-order valence-corrected chi connectivity index (χ4v) is 5.32. The van der Waals surface area contributed by atoms with E-state index in [1.807, 2.05) is 49.9 Å². The largest absolute Gasteiger partial charge is 0.368 e. The predicted octanol–water partition coefficient (Wildman–Crippen LogP) is 4.57. The quantitative estimate of drug-likeness (QED) is 0.675. The molecule has 1 saturated heterocycles. The lowest BCUT2D eigenvalue weighted by atomic mass is 9.66. The van der Waals surface area contributed by atoms with Crippen molar-refractivity contribution in [2.75, 3.05) is 4.90 Å². The molecule has 0 spiro atoms. The number of anilines is 1. The van der Waals surface area contributed by atoms with Gasteiger partial charge in [-0.15, -0.1) is 0 Å². The van der Waals surface area contributed by atoms with Crippen LogP contribution in [0.2, 0.25) is 0 Å². The molecule has 4 rings (SSSR count). The van der Waals surface area contributed by atoms with Crippen molar-refractivity contribution in [1.82, 2.24) is 0 Å². The molecule has 0 unspecified atom stereocenters. The summed E-state index contributed by atoms with van der Waals surface area (Å²) < 4.78 is 14.6. The van der Waals surface area contributed by atoms with E-state index < -0.39 is 40.6 Å². The standard InChI is InChI=1S/C25H23BrFN3O2/c1-24(2,3)22(31)21-20(14-4-8-17(27)9-5-14)25(13-28,23(29)32)19-11-6-15-12-16(26)7-10-18(15)30(19)21/h4-12,19-21H,1-3H3,(H2,29,32)/t19-,20+,21+,25-/m1/s1. The summed E-state index contributed by atoms with van der Waals surface area (Å²) in [6.07, 6.45) is 3.62. The number of primary amides is 1. The van der Waals surface area contributed by atoms with Gasteiger partial charge in [0, 0.05) is 21.5 Å². The highest BCUT2D eigenvalue weighted by Gasteiger charge is 2.66. The number of carbonyl (C=O) groups excluding carboxylic acids is 2. The van der Waals surface area contributed by atoms with E-state index >= 15 is 0 Å². The molecule has 2 heterocycles. The van der Waals surface area contributed by atoms with E-state index in [2.05, 4.69) is 22.0 Å². The Hall–Kier alpha value is -2.98. The highest BCUT2D eigenvalue weighted by Crippen LogP contribution is 2.56. The van der Waals surface area contributed by atoms with Crippen molar-refractivity contribution in [3.05, 3.63) is 70.0 Å². The Balaban J connectivity index is 2.05. The number of benzene rings is 2. The normalized spacial score (nSPS) is 26.2. The van der Waals surface area contributed by atoms with Gasteiger partial charge in [0.1, 0.15) is 5.82 Å². The molecular weight excluding hydrogens is 473 g/mol. The second-order valence-corrected chi connectivity index (χ2v) is 10.3. The van der Waals surface area contributed by atoms with Gasteiger partial charge in [0.25, 0.3) is 0 Å². The number of nitriles is 1. The number of hydrogen-bond donors (Lipinski definition) is 1. The minimum atomic E-state index is -1.72. The third kappa shape index (κ3) is 3.17. The Bertz CT molecular complexity index is 1180. The van der Waals surface area contributed by atoms with Crippen LogP contribution in [0.3, 0.4) is 0 Å². The number of nitrogens with two attached hydrogens (primary N) is 1. The smallest absolute Gasteiger partial charge is 0.241 e. The second kappa shape index (κ2) is 7.56. The lowest BCUT2D eigenvalue weighted by molar-refractivity contribution is -0.128. The summed E-state index contributed by atoms with van der Waals surface area (Å²) in [5.74, 6) is -2.25. The lowest BCUT2D eigenvalue weighted by Gasteiger charge is -2.37. The molecule has 0 aromatic heterocycles. The maximum atomic E-state index is 13.9. The minimum absolute atomic E-state index is 0.126. The number of nitrogens with zero attached hydrogens (tertiary/aromatic N) is 2. The molecule has 32 heavy (non-hydrogen) atoms. The van der Waals surface area contributed by atoms with Crippen molar-refractivity contribution >= 4 is 39.4 Å². The molecule has 4 atom stereocenters. The summed E-state index contributed by atoms with van der Waals surface area (Å²) in [6, 6.07) is 11.9. The SMILES string of the molecule is CC(C)(C)C(=O)[C@@H]1[C@H](c2ccc(F)cc2)[C@](C#N)(C(N)=O)[C@H]2C=Cc3cc(Br)ccc3N12. The summed E-state index contributed by atoms with van der Waals surface area (Å²) in [7, 11) is 0. The van der Waals surface area contributed by atoms with E-state index in [1.165, 1.54) is 24.3 Å². The molecule has 7 heteroatoms. The molecule has 2 aromatic carbocycles. The number of halogens is 2. The van der Waals surface area contributed by atoms with Gasteiger partial charge in [-0.2, -0.15) is 5.26 Å². The van der Waals surface area contributed by atoms with Crippen LogP contribution in [0, 0.1) is 28.0 Å². The minimum Gasteiger partial charge on any atom is -0.368 e. The first-order valence-electron chi connectivity index (χ1n) is 10.3. The van der Waals surface area contributed by atoms with E-state index in [0.717, 1.165) is 15.7 Å². The molecule has 0 radical (unpaired) electrons. The average Bonchev–Trinajstić information content (AvgIpc) is 3.04. The van der Waals surface area contributed by atoms with Crippen molar-refractivity contribution in [2.24, 2.45) is 16.6 Å². The molecule has 0 bridgehead atoms. The van der Waals surface area contributed by atoms with Crippen LogP contribution in [0.25, 0.3) is 6.08 Å². The average molecular weight is 496 g/mol. The number of hydrogen-bond acceptors (Lipinski definition) is 4. The van der Waals surface area contributed by atoms with E-state index in [0.29, 0.717) is 5.56 Å². The first-order chi connectivity index (χ1) is 15.0. The number of ketones is 1. The predicted molar refractivity (Wildman–Crippen MR) is 124 cm³/mol. The molecule has 0 saturated carbocycles. The third-order valence-corrected chi connectivity index (χ3v) is 6.92. The Labute approximate surface area is 194 Å². The maximum Gasteiger partial charge on any atom is 0.241 e. The molecule has 1 fully saturated rings. The first-order valence-corrected chi connectivity index (χ1v) is 11.1. The van der Waals surface area contributed by atoms with Crippen LogP contribution in [-0.2, 0) is 9.59 Å². The van der Waals surface area contributed by atoms with Crippen molar-refractivity contribution in [2.45, 2.75) is 38.8 Å². The molecule has 0 aliphatic carbocycles. The van der Waals surface area contributed by atoms with Crippen LogP contribution in [0.4, 0.5) is 10.1 Å². The zero-order valence-corrected chi connectivity index (χ0v) is 19.6. The summed E-state index contributed by atoms with van der Waals surface area (Å²) in [4.78, 5) is 28.7. The zero-order chi connectivity index (χ0) is 23.4. The Morgan fingerprint density at radius 2 is 1.84 bits per heavy atom. The zero-order valence-electron chi connectivity index (χ0n) is 18.0. The molecule has 2 aromatic rings. The highest BCUT2D eigenvalue weighted by atomic mass is 79.9. The molecule has 2 N–H and O–H groups in total. The lowest BCUT2D eigenvalue weighted by Crippen LogP contribution is -2.49. The van der Waals surface area contributed by atoms with Gasteiger partial charge in [-0.25, -0.2) is 4.39 Å². The van der Waals surface area contributed by atoms with Crippen molar-refractivity contribution in [1.29, 1.82) is 5.26 Å². The Kier molecular flexibility index (Phi) is 5.25. The number of fused-ring (bicyclic) bond motifs is 3. The molecule has 1 amide bonds. The van der Waals surface area contributed by atoms with E-state index in [9.17, 15) is 19.2 Å². The fourth-order valence-electron chi connectivity index (χ4n) is 4.95. The van der Waals surface area contributed by atoms with Gasteiger partial charge in [-0.05, 0) is 41.5 Å². The number of Topliss-reactive ketones (excluding diaryl/α,β-unsaturated/α-hetero) is 1. The summed E-state index contributed by atoms with van der Waals surface area (Å²) in [5, 5.41) is 10.4. The number of amides is 1. The topological polar surface area (TPSA) is 87.2 Å². The molecular formula is C25H23BrFN3O2. The van der Waals surface area contributed by atoms with Gasteiger partial charge in [0.2, 0.25) is 5.91 Å². The van der Waals surface area contributed by atoms with E-state index in [-0.39, 0.29) is 5.78 Å². The number of rotatable bonds is 3. The molecule has 2 aliphatic heterocycles. The van der Waals surface area contributed by atoms with Gasteiger partial charge in [0.05, 0.1) is 18.2 Å². The molecule has 2 aliphatic rings. The van der Waals surface area contributed by atoms with Crippen LogP contribution in [-0.4, -0.2) is 23.8 Å². The van der Waals surface area contributed by atoms with Gasteiger partial charge in [-0.3, -0.25) is 9.59 Å². The van der Waals surface area contributed by atoms with Crippen LogP contribution < -0.4 is 10.6 Å². The Morgan fingerprint density at radius 3 is 2.41 bits per heavy atom. The van der Waals surface area contributed by atoms with E-state index in [4.69, 9.17) is 5.73 Å². The Morgan fingerprint density at radius 1 is 1.19 bits per heavy atom. The monoisotopic (exact) mass is 495 g/mol. The fraction of sp³-hybridized carbons (Fsp3) is 0.320. The van der Waals surface area contributed by atoms with Crippen LogP contribution >= 0.6 is 15.9 Å². The van der Waals surface area contributed by atoms with Gasteiger partial charge in [0.15, 0.2) is 11.2 Å². The van der Waals surface area contributed by atoms with Gasteiger partial charge >= 0.3 is 0 Å². The van der Waals surface area contributed by atoms with Crippen molar-refractivity contribution < 1.29 is 14.0 Å². The summed E-state index contributed by atoms with van der Waals surface area (Å²) in [6.45, 7) is 5.43. The van der Waals surface area contributed by atoms with Crippen LogP contribution in [0.1, 0.15) is 37.8 Å². The second-order valence-electron chi connectivity index (χ2n) is 9.35. The third-order valence-electron chi connectivity index (χ3n) is 6.43. The van der Waals surface area contributed by atoms with Gasteiger partial charge in [-0.1, -0.05) is 61.0 Å². The maximum absolute atomic E-state index is 13.9.